The molecule has 0 saturated carbocycles. The van der Waals surface area contributed by atoms with Crippen molar-refractivity contribution in [3.63, 3.8) is 0 Å². The number of anilines is 2. The minimum atomic E-state index is 0.175. The van der Waals surface area contributed by atoms with E-state index in [-0.39, 0.29) is 6.04 Å². The zero-order valence-electron chi connectivity index (χ0n) is 16.5. The van der Waals surface area contributed by atoms with E-state index in [1.807, 2.05) is 14.1 Å². The van der Waals surface area contributed by atoms with Crippen molar-refractivity contribution in [3.8, 4) is 0 Å². The molecular weight excluding hydrogens is 332 g/mol. The van der Waals surface area contributed by atoms with Crippen LogP contribution in [0, 0.1) is 0 Å². The van der Waals surface area contributed by atoms with E-state index in [2.05, 4.69) is 114 Å². The molecule has 1 heterocycles. The van der Waals surface area contributed by atoms with E-state index in [1.165, 1.54) is 22.5 Å². The summed E-state index contributed by atoms with van der Waals surface area (Å²) in [7, 11) is 8.20. The molecule has 0 aromatic heterocycles. The third kappa shape index (κ3) is 5.25. The number of rotatable bonds is 6. The van der Waals surface area contributed by atoms with Gasteiger partial charge in [0.05, 0.1) is 6.04 Å². The Morgan fingerprint density at radius 1 is 0.704 bits per heavy atom. The number of hydrazine groups is 1. The predicted molar refractivity (Wildman–Crippen MR) is 118 cm³/mol. The Morgan fingerprint density at radius 3 is 1.74 bits per heavy atom. The highest BCUT2D eigenvalue weighted by Gasteiger charge is 2.09. The van der Waals surface area contributed by atoms with Crippen LogP contribution in [0.2, 0.25) is 0 Å². The van der Waals surface area contributed by atoms with E-state index in [1.54, 1.807) is 0 Å². The second-order valence-corrected chi connectivity index (χ2v) is 7.08. The molecule has 0 saturated heterocycles. The molecule has 3 rings (SSSR count). The molecule has 0 aliphatic carbocycles. The Labute approximate surface area is 162 Å². The molecule has 2 aromatic rings. The maximum absolute atomic E-state index is 3.27. The van der Waals surface area contributed by atoms with Crippen molar-refractivity contribution in [2.75, 3.05) is 38.0 Å². The average molecular weight is 361 g/mol. The number of hydrogen-bond acceptors (Lipinski definition) is 4. The van der Waals surface area contributed by atoms with E-state index in [4.69, 9.17) is 0 Å². The van der Waals surface area contributed by atoms with Crippen molar-refractivity contribution in [1.82, 2.24) is 10.9 Å². The lowest BCUT2D eigenvalue weighted by molar-refractivity contribution is 0.648. The first-order valence-corrected chi connectivity index (χ1v) is 9.16. The first-order valence-electron chi connectivity index (χ1n) is 9.16. The van der Waals surface area contributed by atoms with Gasteiger partial charge >= 0.3 is 0 Å². The highest BCUT2D eigenvalue weighted by atomic mass is 15.4. The summed E-state index contributed by atoms with van der Waals surface area (Å²) in [5.41, 5.74) is 12.4. The zero-order chi connectivity index (χ0) is 19.2. The fourth-order valence-corrected chi connectivity index (χ4v) is 2.81. The third-order valence-electron chi connectivity index (χ3n) is 4.51. The van der Waals surface area contributed by atoms with Crippen LogP contribution in [0.1, 0.15) is 11.1 Å². The summed E-state index contributed by atoms with van der Waals surface area (Å²) < 4.78 is 0. The van der Waals surface area contributed by atoms with E-state index in [9.17, 15) is 0 Å². The Balaban J connectivity index is 1.58. The lowest BCUT2D eigenvalue weighted by atomic mass is 10.1. The van der Waals surface area contributed by atoms with Crippen LogP contribution in [0.5, 0.6) is 0 Å². The van der Waals surface area contributed by atoms with Crippen LogP contribution in [-0.2, 0) is 0 Å². The minimum Gasteiger partial charge on any atom is -0.378 e. The van der Waals surface area contributed by atoms with Crippen molar-refractivity contribution >= 4 is 23.5 Å². The van der Waals surface area contributed by atoms with Crippen LogP contribution in [0.25, 0.3) is 12.2 Å². The Bertz CT molecular complexity index is 828. The number of hydrogen-bond donors (Lipinski definition) is 2. The smallest absolute Gasteiger partial charge is 0.0647 e. The Morgan fingerprint density at radius 2 is 1.22 bits per heavy atom. The molecular formula is C23H28N4. The van der Waals surface area contributed by atoms with E-state index < -0.39 is 0 Å². The van der Waals surface area contributed by atoms with Gasteiger partial charge in [-0.25, -0.2) is 5.43 Å². The van der Waals surface area contributed by atoms with Gasteiger partial charge in [-0.1, -0.05) is 42.5 Å². The molecule has 0 amide bonds. The average Bonchev–Trinajstić information content (AvgIpc) is 3.13. The zero-order valence-corrected chi connectivity index (χ0v) is 16.5. The van der Waals surface area contributed by atoms with Crippen molar-refractivity contribution in [2.45, 2.75) is 6.04 Å². The van der Waals surface area contributed by atoms with Gasteiger partial charge in [0.25, 0.3) is 0 Å². The Hall–Kier alpha value is -2.98. The monoisotopic (exact) mass is 360 g/mol. The Kier molecular flexibility index (Phi) is 5.99. The van der Waals surface area contributed by atoms with Crippen LogP contribution < -0.4 is 20.7 Å². The summed E-state index contributed by atoms with van der Waals surface area (Å²) in [6.07, 6.45) is 10.7. The highest BCUT2D eigenvalue weighted by molar-refractivity contribution is 5.59. The van der Waals surface area contributed by atoms with Crippen molar-refractivity contribution < 1.29 is 0 Å². The summed E-state index contributed by atoms with van der Waals surface area (Å²) in [5.74, 6) is 0. The molecule has 0 fully saturated rings. The summed E-state index contributed by atoms with van der Waals surface area (Å²) >= 11 is 0. The van der Waals surface area contributed by atoms with Crippen molar-refractivity contribution in [3.05, 3.63) is 83.6 Å². The third-order valence-corrected chi connectivity index (χ3v) is 4.51. The molecule has 1 atom stereocenters. The fraction of sp³-hybridized carbons (Fsp3) is 0.217. The standard InChI is InChI=1S/C23H28N4/c1-26(2)22-13-7-18(8-14-22)5-11-20-17-21(25-24-20)12-6-19-9-15-23(16-10-19)27(3)4/h5-17,20,24-25H,1-4H3. The summed E-state index contributed by atoms with van der Waals surface area (Å²) in [6, 6.07) is 17.2. The number of nitrogens with one attached hydrogen (secondary N) is 2. The molecule has 4 heteroatoms. The number of benzene rings is 2. The van der Waals surface area contributed by atoms with Gasteiger partial charge in [-0.3, -0.25) is 0 Å². The summed E-state index contributed by atoms with van der Waals surface area (Å²) in [6.45, 7) is 0. The normalized spacial score (nSPS) is 16.6. The SMILES string of the molecule is CN(C)c1ccc(C=CC2=CC(C=Cc3ccc(N(C)C)cc3)NN2)cc1. The minimum absolute atomic E-state index is 0.175. The van der Waals surface area contributed by atoms with Crippen LogP contribution in [-0.4, -0.2) is 34.2 Å². The molecule has 0 spiro atoms. The van der Waals surface area contributed by atoms with E-state index in [0.717, 1.165) is 5.70 Å². The van der Waals surface area contributed by atoms with E-state index >= 15 is 0 Å². The second-order valence-electron chi connectivity index (χ2n) is 7.08. The molecule has 0 radical (unpaired) electrons. The van der Waals surface area contributed by atoms with Crippen LogP contribution in [0.4, 0.5) is 11.4 Å². The van der Waals surface area contributed by atoms with Crippen molar-refractivity contribution in [1.29, 1.82) is 0 Å². The molecule has 2 aromatic carbocycles. The fourth-order valence-electron chi connectivity index (χ4n) is 2.81. The molecule has 1 unspecified atom stereocenters. The first-order chi connectivity index (χ1) is 13.0. The van der Waals surface area contributed by atoms with E-state index in [0.29, 0.717) is 0 Å². The lowest BCUT2D eigenvalue weighted by Crippen LogP contribution is -2.30. The van der Waals surface area contributed by atoms with Crippen LogP contribution in [0.3, 0.4) is 0 Å². The maximum Gasteiger partial charge on any atom is 0.0647 e. The molecule has 140 valence electrons. The van der Waals surface area contributed by atoms with Crippen molar-refractivity contribution in [2.24, 2.45) is 0 Å². The van der Waals surface area contributed by atoms with Gasteiger partial charge in [0.1, 0.15) is 0 Å². The maximum atomic E-state index is 3.27. The highest BCUT2D eigenvalue weighted by Crippen LogP contribution is 2.16. The van der Waals surface area contributed by atoms with Gasteiger partial charge < -0.3 is 15.2 Å². The lowest BCUT2D eigenvalue weighted by Gasteiger charge is -2.11. The van der Waals surface area contributed by atoms with Gasteiger partial charge in [0.2, 0.25) is 0 Å². The van der Waals surface area contributed by atoms with Gasteiger partial charge in [-0.15, -0.1) is 0 Å². The summed E-state index contributed by atoms with van der Waals surface area (Å²) in [5, 5.41) is 0. The molecule has 2 N–H and O–H groups in total. The molecule has 0 bridgehead atoms. The first kappa shape index (κ1) is 18.8. The quantitative estimate of drug-likeness (QED) is 0.818. The largest absolute Gasteiger partial charge is 0.378 e. The molecule has 1 aliphatic rings. The van der Waals surface area contributed by atoms with Gasteiger partial charge in [0.15, 0.2) is 0 Å². The molecule has 1 aliphatic heterocycles. The predicted octanol–water partition coefficient (Wildman–Crippen LogP) is 3.91. The van der Waals surface area contributed by atoms with Crippen LogP contribution >= 0.6 is 0 Å². The van der Waals surface area contributed by atoms with Gasteiger partial charge in [-0.2, -0.15) is 0 Å². The van der Waals surface area contributed by atoms with Gasteiger partial charge in [0, 0.05) is 45.3 Å². The number of allylic oxidation sites excluding steroid dienone is 1. The van der Waals surface area contributed by atoms with Gasteiger partial charge in [-0.05, 0) is 47.5 Å². The second kappa shape index (κ2) is 8.60. The van der Waals surface area contributed by atoms with Crippen LogP contribution in [0.15, 0.2) is 72.5 Å². The molecule has 4 nitrogen and oxygen atoms in total. The number of nitrogens with zero attached hydrogens (tertiary/aromatic N) is 2. The summed E-state index contributed by atoms with van der Waals surface area (Å²) in [4.78, 5) is 4.20. The topological polar surface area (TPSA) is 30.5 Å². The molecule has 27 heavy (non-hydrogen) atoms.